The average molecular weight is 380 g/mol. The van der Waals surface area contributed by atoms with Gasteiger partial charge in [-0.15, -0.1) is 0 Å². The SMILES string of the molecule is CN(C)c1ccc([C@@H](O)CNC(=O)C(=O)Nc2ccc(F)c(Cl)c2)cc1. The third kappa shape index (κ3) is 5.18. The Bertz CT molecular complexity index is 797. The van der Waals surface area contributed by atoms with Gasteiger partial charge in [-0.1, -0.05) is 23.7 Å². The maximum Gasteiger partial charge on any atom is 0.313 e. The molecule has 1 atom stereocenters. The average Bonchev–Trinajstić information content (AvgIpc) is 2.62. The lowest BCUT2D eigenvalue weighted by Crippen LogP contribution is -2.37. The minimum absolute atomic E-state index is 0.127. The van der Waals surface area contributed by atoms with Crippen molar-refractivity contribution < 1.29 is 19.1 Å². The van der Waals surface area contributed by atoms with Crippen LogP contribution in [-0.4, -0.2) is 37.6 Å². The summed E-state index contributed by atoms with van der Waals surface area (Å²) in [5.41, 5.74) is 1.78. The summed E-state index contributed by atoms with van der Waals surface area (Å²) in [6.07, 6.45) is -0.955. The highest BCUT2D eigenvalue weighted by Crippen LogP contribution is 2.19. The second-order valence-electron chi connectivity index (χ2n) is 5.79. The van der Waals surface area contributed by atoms with Crippen molar-refractivity contribution in [3.63, 3.8) is 0 Å². The van der Waals surface area contributed by atoms with Gasteiger partial charge in [-0.2, -0.15) is 0 Å². The molecule has 8 heteroatoms. The minimum atomic E-state index is -0.955. The molecule has 2 rings (SSSR count). The molecule has 2 aromatic rings. The van der Waals surface area contributed by atoms with E-state index in [-0.39, 0.29) is 17.3 Å². The Balaban J connectivity index is 1.88. The van der Waals surface area contributed by atoms with Gasteiger partial charge in [-0.25, -0.2) is 4.39 Å². The normalized spacial score (nSPS) is 11.6. The van der Waals surface area contributed by atoms with Gasteiger partial charge in [0, 0.05) is 32.0 Å². The molecule has 0 aliphatic carbocycles. The van der Waals surface area contributed by atoms with Crippen LogP contribution in [0.4, 0.5) is 15.8 Å². The van der Waals surface area contributed by atoms with Gasteiger partial charge in [0.15, 0.2) is 0 Å². The number of aliphatic hydroxyl groups is 1. The molecule has 0 unspecified atom stereocenters. The van der Waals surface area contributed by atoms with Crippen molar-refractivity contribution in [1.29, 1.82) is 0 Å². The zero-order valence-corrected chi connectivity index (χ0v) is 15.0. The van der Waals surface area contributed by atoms with E-state index >= 15 is 0 Å². The topological polar surface area (TPSA) is 81.7 Å². The van der Waals surface area contributed by atoms with Crippen molar-refractivity contribution in [2.75, 3.05) is 30.9 Å². The highest BCUT2D eigenvalue weighted by molar-refractivity contribution is 6.39. The number of hydrogen-bond acceptors (Lipinski definition) is 4. The molecule has 0 saturated heterocycles. The summed E-state index contributed by atoms with van der Waals surface area (Å²) in [7, 11) is 3.80. The third-order valence-corrected chi connectivity index (χ3v) is 3.92. The smallest absolute Gasteiger partial charge is 0.313 e. The van der Waals surface area contributed by atoms with Crippen LogP contribution in [0.3, 0.4) is 0 Å². The van der Waals surface area contributed by atoms with E-state index in [9.17, 15) is 19.1 Å². The monoisotopic (exact) mass is 379 g/mol. The predicted octanol–water partition coefficient (Wildman–Crippen LogP) is 2.33. The number of rotatable bonds is 5. The van der Waals surface area contributed by atoms with E-state index in [4.69, 9.17) is 11.6 Å². The Morgan fingerprint density at radius 3 is 2.38 bits per heavy atom. The van der Waals surface area contributed by atoms with Crippen LogP contribution in [0.25, 0.3) is 0 Å². The molecule has 0 heterocycles. The zero-order chi connectivity index (χ0) is 19.3. The number of halogens is 2. The predicted molar refractivity (Wildman–Crippen MR) is 98.8 cm³/mol. The van der Waals surface area contributed by atoms with Crippen molar-refractivity contribution in [3.8, 4) is 0 Å². The molecule has 2 aromatic carbocycles. The fourth-order valence-electron chi connectivity index (χ4n) is 2.14. The molecule has 3 N–H and O–H groups in total. The summed E-state index contributed by atoms with van der Waals surface area (Å²) < 4.78 is 13.1. The first-order valence-electron chi connectivity index (χ1n) is 7.77. The quantitative estimate of drug-likeness (QED) is 0.696. The van der Waals surface area contributed by atoms with E-state index in [2.05, 4.69) is 10.6 Å². The first-order valence-corrected chi connectivity index (χ1v) is 8.15. The standard InChI is InChI=1S/C18H19ClFN3O3/c1-23(2)13-6-3-11(4-7-13)16(24)10-21-17(25)18(26)22-12-5-8-15(20)14(19)9-12/h3-9,16,24H,10H2,1-2H3,(H,21,25)(H,22,26)/t16-/m0/s1. The number of amides is 2. The van der Waals surface area contributed by atoms with Crippen LogP contribution in [0.5, 0.6) is 0 Å². The molecule has 26 heavy (non-hydrogen) atoms. The molecular weight excluding hydrogens is 361 g/mol. The molecule has 0 aromatic heterocycles. The van der Waals surface area contributed by atoms with Gasteiger partial charge in [0.2, 0.25) is 0 Å². The first-order chi connectivity index (χ1) is 12.3. The zero-order valence-electron chi connectivity index (χ0n) is 14.3. The summed E-state index contributed by atoms with van der Waals surface area (Å²) in [6, 6.07) is 10.7. The maximum atomic E-state index is 13.1. The van der Waals surface area contributed by atoms with Crippen molar-refractivity contribution in [1.82, 2.24) is 5.32 Å². The molecule has 0 saturated carbocycles. The summed E-state index contributed by atoms with van der Waals surface area (Å²) in [5.74, 6) is -2.49. The van der Waals surface area contributed by atoms with Gasteiger partial charge >= 0.3 is 11.8 Å². The van der Waals surface area contributed by atoms with Crippen LogP contribution in [-0.2, 0) is 9.59 Å². The highest BCUT2D eigenvalue weighted by Gasteiger charge is 2.16. The van der Waals surface area contributed by atoms with Gasteiger partial charge in [0.1, 0.15) is 5.82 Å². The van der Waals surface area contributed by atoms with Crippen molar-refractivity contribution in [2.24, 2.45) is 0 Å². The second-order valence-corrected chi connectivity index (χ2v) is 6.20. The molecule has 0 spiro atoms. The number of benzene rings is 2. The van der Waals surface area contributed by atoms with Gasteiger partial charge < -0.3 is 20.6 Å². The number of nitrogens with one attached hydrogen (secondary N) is 2. The van der Waals surface area contributed by atoms with Gasteiger partial charge in [0.05, 0.1) is 11.1 Å². The van der Waals surface area contributed by atoms with E-state index in [0.29, 0.717) is 5.56 Å². The largest absolute Gasteiger partial charge is 0.387 e. The fraction of sp³-hybridized carbons (Fsp3) is 0.222. The van der Waals surface area contributed by atoms with Crippen LogP contribution in [0.15, 0.2) is 42.5 Å². The van der Waals surface area contributed by atoms with E-state index in [1.54, 1.807) is 12.1 Å². The van der Waals surface area contributed by atoms with E-state index in [0.717, 1.165) is 11.8 Å². The number of carbonyl (C=O) groups is 2. The van der Waals surface area contributed by atoms with Crippen LogP contribution >= 0.6 is 11.6 Å². The summed E-state index contributed by atoms with van der Waals surface area (Å²) >= 11 is 5.62. The van der Waals surface area contributed by atoms with E-state index in [1.165, 1.54) is 12.1 Å². The third-order valence-electron chi connectivity index (χ3n) is 3.63. The number of hydrogen-bond donors (Lipinski definition) is 3. The Labute approximate surface area is 155 Å². The van der Waals surface area contributed by atoms with Gasteiger partial charge in [0.25, 0.3) is 0 Å². The Hall–Kier alpha value is -2.64. The Kier molecular flexibility index (Phi) is 6.54. The van der Waals surface area contributed by atoms with Crippen molar-refractivity contribution >= 4 is 34.8 Å². The van der Waals surface area contributed by atoms with Crippen LogP contribution in [0.1, 0.15) is 11.7 Å². The van der Waals surface area contributed by atoms with Crippen LogP contribution in [0, 0.1) is 5.82 Å². The fourth-order valence-corrected chi connectivity index (χ4v) is 2.32. The summed E-state index contributed by atoms with van der Waals surface area (Å²) in [6.45, 7) is -0.127. The molecule has 0 aliphatic heterocycles. The first kappa shape index (κ1) is 19.7. The van der Waals surface area contributed by atoms with Gasteiger partial charge in [-0.05, 0) is 35.9 Å². The Morgan fingerprint density at radius 1 is 1.15 bits per heavy atom. The molecule has 0 aliphatic rings. The molecule has 2 amide bonds. The molecule has 6 nitrogen and oxygen atoms in total. The highest BCUT2D eigenvalue weighted by atomic mass is 35.5. The lowest BCUT2D eigenvalue weighted by Gasteiger charge is -2.15. The molecule has 0 radical (unpaired) electrons. The number of aliphatic hydroxyl groups excluding tert-OH is 1. The van der Waals surface area contributed by atoms with Crippen molar-refractivity contribution in [2.45, 2.75) is 6.10 Å². The second kappa shape index (κ2) is 8.64. The van der Waals surface area contributed by atoms with Crippen LogP contribution in [0.2, 0.25) is 5.02 Å². The number of carbonyl (C=O) groups excluding carboxylic acids is 2. The number of nitrogens with zero attached hydrogens (tertiary/aromatic N) is 1. The van der Waals surface area contributed by atoms with E-state index in [1.807, 2.05) is 31.1 Å². The minimum Gasteiger partial charge on any atom is -0.387 e. The van der Waals surface area contributed by atoms with Crippen LogP contribution < -0.4 is 15.5 Å². The van der Waals surface area contributed by atoms with Gasteiger partial charge in [-0.3, -0.25) is 9.59 Å². The lowest BCUT2D eigenvalue weighted by molar-refractivity contribution is -0.136. The van der Waals surface area contributed by atoms with E-state index < -0.39 is 23.7 Å². The molecular formula is C18H19ClFN3O3. The molecule has 0 fully saturated rings. The number of anilines is 2. The molecule has 0 bridgehead atoms. The Morgan fingerprint density at radius 2 is 1.81 bits per heavy atom. The summed E-state index contributed by atoms with van der Waals surface area (Å²) in [5, 5.41) is 14.6. The van der Waals surface area contributed by atoms with Crippen molar-refractivity contribution in [3.05, 3.63) is 58.9 Å². The lowest BCUT2D eigenvalue weighted by atomic mass is 10.1. The maximum absolute atomic E-state index is 13.1. The summed E-state index contributed by atoms with van der Waals surface area (Å²) in [4.78, 5) is 25.6. The molecule has 138 valence electrons.